The SMILES string of the molecule is Cc1cc(C)c2oc(-c3cccc(N=Cc4ccccc4O)c3)nc2c1. The molecule has 0 spiro atoms. The number of aromatic hydroxyl groups is 1. The summed E-state index contributed by atoms with van der Waals surface area (Å²) in [5.41, 5.74) is 6.22. The van der Waals surface area contributed by atoms with Crippen LogP contribution in [0.1, 0.15) is 16.7 Å². The fraction of sp³-hybridized carbons (Fsp3) is 0.0909. The van der Waals surface area contributed by atoms with Crippen LogP contribution in [0.5, 0.6) is 5.75 Å². The minimum absolute atomic E-state index is 0.206. The Morgan fingerprint density at radius 2 is 1.85 bits per heavy atom. The summed E-state index contributed by atoms with van der Waals surface area (Å²) in [5, 5.41) is 9.83. The van der Waals surface area contributed by atoms with Crippen LogP contribution in [0.15, 0.2) is 70.1 Å². The Morgan fingerprint density at radius 1 is 1.00 bits per heavy atom. The van der Waals surface area contributed by atoms with Crippen LogP contribution in [0.2, 0.25) is 0 Å². The number of hydrogen-bond donors (Lipinski definition) is 1. The zero-order valence-corrected chi connectivity index (χ0v) is 14.6. The Kier molecular flexibility index (Phi) is 4.01. The molecule has 128 valence electrons. The smallest absolute Gasteiger partial charge is 0.227 e. The molecule has 0 saturated carbocycles. The van der Waals surface area contributed by atoms with Crippen molar-refractivity contribution in [2.75, 3.05) is 0 Å². The highest BCUT2D eigenvalue weighted by Crippen LogP contribution is 2.29. The minimum atomic E-state index is 0.206. The maximum absolute atomic E-state index is 9.83. The molecule has 0 amide bonds. The van der Waals surface area contributed by atoms with Gasteiger partial charge in [0.05, 0.1) is 5.69 Å². The quantitative estimate of drug-likeness (QED) is 0.495. The Bertz CT molecular complexity index is 1130. The number of phenolic OH excluding ortho intramolecular Hbond substituents is 1. The number of aryl methyl sites for hydroxylation is 2. The number of fused-ring (bicyclic) bond motifs is 1. The zero-order chi connectivity index (χ0) is 18.1. The summed E-state index contributed by atoms with van der Waals surface area (Å²) >= 11 is 0. The summed E-state index contributed by atoms with van der Waals surface area (Å²) in [4.78, 5) is 9.07. The fourth-order valence-corrected chi connectivity index (χ4v) is 2.96. The van der Waals surface area contributed by atoms with Gasteiger partial charge in [0.15, 0.2) is 5.58 Å². The van der Waals surface area contributed by atoms with Crippen LogP contribution in [0.3, 0.4) is 0 Å². The predicted octanol–water partition coefficient (Wildman–Crippen LogP) is 5.57. The molecular formula is C22H18N2O2. The average molecular weight is 342 g/mol. The summed E-state index contributed by atoms with van der Waals surface area (Å²) in [5.74, 6) is 0.783. The molecule has 4 aromatic rings. The van der Waals surface area contributed by atoms with E-state index in [-0.39, 0.29) is 5.75 Å². The number of phenols is 1. The molecule has 0 aliphatic rings. The third kappa shape index (κ3) is 3.09. The second-order valence-corrected chi connectivity index (χ2v) is 6.32. The molecule has 0 radical (unpaired) electrons. The lowest BCUT2D eigenvalue weighted by molar-refractivity contribution is 0.474. The number of aromatic nitrogens is 1. The molecule has 3 aromatic carbocycles. The van der Waals surface area contributed by atoms with Crippen LogP contribution < -0.4 is 0 Å². The minimum Gasteiger partial charge on any atom is -0.507 e. The van der Waals surface area contributed by atoms with E-state index in [2.05, 4.69) is 23.0 Å². The largest absolute Gasteiger partial charge is 0.507 e. The lowest BCUT2D eigenvalue weighted by atomic mass is 10.1. The number of oxazole rings is 1. The lowest BCUT2D eigenvalue weighted by Gasteiger charge is -1.99. The Hall–Kier alpha value is -3.40. The Morgan fingerprint density at radius 3 is 2.69 bits per heavy atom. The molecule has 0 aliphatic carbocycles. The molecule has 0 unspecified atom stereocenters. The summed E-state index contributed by atoms with van der Waals surface area (Å²) < 4.78 is 5.97. The van der Waals surface area contributed by atoms with Crippen LogP contribution in [0, 0.1) is 13.8 Å². The van der Waals surface area contributed by atoms with Crippen molar-refractivity contribution < 1.29 is 9.52 Å². The van der Waals surface area contributed by atoms with Gasteiger partial charge < -0.3 is 9.52 Å². The number of hydrogen-bond acceptors (Lipinski definition) is 4. The van der Waals surface area contributed by atoms with Gasteiger partial charge in [-0.15, -0.1) is 0 Å². The molecule has 0 saturated heterocycles. The molecule has 4 nitrogen and oxygen atoms in total. The van der Waals surface area contributed by atoms with Crippen LogP contribution in [0.25, 0.3) is 22.6 Å². The van der Waals surface area contributed by atoms with E-state index in [1.165, 1.54) is 0 Å². The van der Waals surface area contributed by atoms with Gasteiger partial charge in [0.1, 0.15) is 11.3 Å². The number of aliphatic imine (C=N–C) groups is 1. The van der Waals surface area contributed by atoms with Gasteiger partial charge in [-0.3, -0.25) is 4.99 Å². The maximum Gasteiger partial charge on any atom is 0.227 e. The molecular weight excluding hydrogens is 324 g/mol. The number of nitrogens with zero attached hydrogens (tertiary/aromatic N) is 2. The lowest BCUT2D eigenvalue weighted by Crippen LogP contribution is -1.81. The molecule has 1 N–H and O–H groups in total. The second kappa shape index (κ2) is 6.48. The van der Waals surface area contributed by atoms with Crippen LogP contribution in [-0.4, -0.2) is 16.3 Å². The fourth-order valence-electron chi connectivity index (χ4n) is 2.96. The summed E-state index contributed by atoms with van der Waals surface area (Å²) in [7, 11) is 0. The monoisotopic (exact) mass is 342 g/mol. The third-order valence-electron chi connectivity index (χ3n) is 4.20. The topological polar surface area (TPSA) is 58.6 Å². The van der Waals surface area contributed by atoms with Gasteiger partial charge in [-0.05, 0) is 61.4 Å². The first-order chi connectivity index (χ1) is 12.6. The van der Waals surface area contributed by atoms with E-state index in [0.29, 0.717) is 11.5 Å². The third-order valence-corrected chi connectivity index (χ3v) is 4.20. The molecule has 0 aliphatic heterocycles. The highest BCUT2D eigenvalue weighted by atomic mass is 16.3. The predicted molar refractivity (Wildman–Crippen MR) is 104 cm³/mol. The molecule has 4 rings (SSSR count). The first-order valence-corrected chi connectivity index (χ1v) is 8.40. The van der Waals surface area contributed by atoms with Gasteiger partial charge in [-0.2, -0.15) is 0 Å². The molecule has 0 atom stereocenters. The standard InChI is InChI=1S/C22H18N2O2/c1-14-10-15(2)21-19(11-14)24-22(26-21)16-7-5-8-18(12-16)23-13-17-6-3-4-9-20(17)25/h3-13,25H,1-2H3. The van der Waals surface area contributed by atoms with Crippen molar-refractivity contribution in [3.63, 3.8) is 0 Å². The number of rotatable bonds is 3. The zero-order valence-electron chi connectivity index (χ0n) is 14.6. The van der Waals surface area contributed by atoms with E-state index in [9.17, 15) is 5.11 Å². The van der Waals surface area contributed by atoms with Crippen molar-refractivity contribution in [3.8, 4) is 17.2 Å². The molecule has 26 heavy (non-hydrogen) atoms. The highest BCUT2D eigenvalue weighted by Gasteiger charge is 2.11. The van der Waals surface area contributed by atoms with E-state index >= 15 is 0 Å². The van der Waals surface area contributed by atoms with E-state index in [1.54, 1.807) is 18.3 Å². The van der Waals surface area contributed by atoms with Crippen molar-refractivity contribution in [1.29, 1.82) is 0 Å². The van der Waals surface area contributed by atoms with Crippen LogP contribution >= 0.6 is 0 Å². The number of benzene rings is 3. The molecule has 0 fully saturated rings. The van der Waals surface area contributed by atoms with E-state index in [1.807, 2.05) is 49.4 Å². The van der Waals surface area contributed by atoms with Crippen LogP contribution in [0.4, 0.5) is 5.69 Å². The molecule has 0 bridgehead atoms. The van der Waals surface area contributed by atoms with E-state index < -0.39 is 0 Å². The maximum atomic E-state index is 9.83. The average Bonchev–Trinajstić information content (AvgIpc) is 3.06. The van der Waals surface area contributed by atoms with Crippen molar-refractivity contribution >= 4 is 23.0 Å². The summed E-state index contributed by atoms with van der Waals surface area (Å²) in [6.45, 7) is 4.08. The van der Waals surface area contributed by atoms with Crippen molar-refractivity contribution in [2.45, 2.75) is 13.8 Å². The van der Waals surface area contributed by atoms with Crippen molar-refractivity contribution in [1.82, 2.24) is 4.98 Å². The second-order valence-electron chi connectivity index (χ2n) is 6.32. The Balaban J connectivity index is 1.70. The Labute approximate surface area is 151 Å². The van der Waals surface area contributed by atoms with E-state index in [4.69, 9.17) is 4.42 Å². The van der Waals surface area contributed by atoms with Gasteiger partial charge in [-0.25, -0.2) is 4.98 Å². The first kappa shape index (κ1) is 16.1. The van der Waals surface area contributed by atoms with Gasteiger partial charge in [0.2, 0.25) is 5.89 Å². The van der Waals surface area contributed by atoms with Gasteiger partial charge >= 0.3 is 0 Å². The van der Waals surface area contributed by atoms with Gasteiger partial charge in [-0.1, -0.05) is 24.3 Å². The summed E-state index contributed by atoms with van der Waals surface area (Å²) in [6.07, 6.45) is 1.65. The molecule has 1 aromatic heterocycles. The molecule has 4 heteroatoms. The van der Waals surface area contributed by atoms with Gasteiger partial charge in [0, 0.05) is 17.3 Å². The van der Waals surface area contributed by atoms with Crippen molar-refractivity contribution in [3.05, 3.63) is 77.4 Å². The van der Waals surface area contributed by atoms with Gasteiger partial charge in [0.25, 0.3) is 0 Å². The van der Waals surface area contributed by atoms with Crippen LogP contribution in [-0.2, 0) is 0 Å². The number of para-hydroxylation sites is 1. The highest BCUT2D eigenvalue weighted by molar-refractivity contribution is 5.85. The first-order valence-electron chi connectivity index (χ1n) is 8.40. The van der Waals surface area contributed by atoms with E-state index in [0.717, 1.165) is 33.5 Å². The molecule has 1 heterocycles. The van der Waals surface area contributed by atoms with Crippen molar-refractivity contribution in [2.24, 2.45) is 4.99 Å². The normalized spacial score (nSPS) is 11.5. The summed E-state index contributed by atoms with van der Waals surface area (Å²) in [6, 6.07) is 18.9.